The maximum atomic E-state index is 12.5. The number of carbonyl (C=O) groups excluding carboxylic acids is 1. The van der Waals surface area contributed by atoms with Gasteiger partial charge in [0, 0.05) is 10.9 Å². The van der Waals surface area contributed by atoms with Crippen LogP contribution in [0.25, 0.3) is 10.9 Å². The van der Waals surface area contributed by atoms with E-state index in [2.05, 4.69) is 29.1 Å². The Hall–Kier alpha value is -3.35. The maximum absolute atomic E-state index is 12.5. The van der Waals surface area contributed by atoms with Crippen LogP contribution in [-0.4, -0.2) is 29.7 Å². The van der Waals surface area contributed by atoms with Gasteiger partial charge in [0.25, 0.3) is 5.91 Å². The third-order valence-corrected chi connectivity index (χ3v) is 5.06. The van der Waals surface area contributed by atoms with E-state index in [9.17, 15) is 9.90 Å². The number of nitrogens with one attached hydrogen (secondary N) is 1. The Balaban J connectivity index is 1.82. The van der Waals surface area contributed by atoms with Gasteiger partial charge >= 0.3 is 0 Å². The average Bonchev–Trinajstić information content (AvgIpc) is 3.04. The molecule has 0 spiro atoms. The second kappa shape index (κ2) is 8.98. The van der Waals surface area contributed by atoms with E-state index < -0.39 is 5.91 Å². The van der Waals surface area contributed by atoms with Gasteiger partial charge in [-0.3, -0.25) is 4.79 Å². The number of aromatic hydroxyl groups is 1. The predicted octanol–water partition coefficient (Wildman–Crippen LogP) is 5.85. The molecule has 0 unspecified atom stereocenters. The van der Waals surface area contributed by atoms with Gasteiger partial charge in [0.1, 0.15) is 0 Å². The molecule has 0 atom stereocenters. The molecule has 0 saturated carbocycles. The molecule has 30 heavy (non-hydrogen) atoms. The average molecular weight is 409 g/mol. The zero-order chi connectivity index (χ0) is 21.8. The van der Waals surface area contributed by atoms with Gasteiger partial charge in [-0.15, -0.1) is 10.2 Å². The Bertz CT molecular complexity index is 1100. The van der Waals surface area contributed by atoms with Crippen molar-refractivity contribution in [1.29, 1.82) is 0 Å². The zero-order valence-corrected chi connectivity index (χ0v) is 17.9. The highest BCUT2D eigenvalue weighted by molar-refractivity contribution is 5.98. The number of azo groups is 1. The van der Waals surface area contributed by atoms with Crippen molar-refractivity contribution in [1.82, 2.24) is 4.98 Å². The molecule has 3 aromatic rings. The topological polar surface area (TPSA) is 96.3 Å². The van der Waals surface area contributed by atoms with E-state index >= 15 is 0 Å². The summed E-state index contributed by atoms with van der Waals surface area (Å²) in [6.07, 6.45) is 0.922. The number of amides is 1. The molecule has 0 saturated heterocycles. The lowest BCUT2D eigenvalue weighted by molar-refractivity contribution is 0.0994. The van der Waals surface area contributed by atoms with Crippen LogP contribution in [0.5, 0.6) is 17.4 Å². The van der Waals surface area contributed by atoms with Crippen LogP contribution in [0.1, 0.15) is 41.8 Å². The van der Waals surface area contributed by atoms with Crippen LogP contribution in [0.15, 0.2) is 40.6 Å². The number of hydrogen-bond acceptors (Lipinski definition) is 5. The monoisotopic (exact) mass is 409 g/mol. The molecule has 0 radical (unpaired) electrons. The van der Waals surface area contributed by atoms with Crippen molar-refractivity contribution in [2.45, 2.75) is 34.1 Å². The number of aromatic nitrogens is 1. The summed E-state index contributed by atoms with van der Waals surface area (Å²) in [7, 11) is 1.52. The molecular weight excluding hydrogens is 382 g/mol. The second-order valence-corrected chi connectivity index (χ2v) is 7.65. The van der Waals surface area contributed by atoms with Crippen molar-refractivity contribution in [3.05, 3.63) is 47.0 Å². The summed E-state index contributed by atoms with van der Waals surface area (Å²) >= 11 is 0. The van der Waals surface area contributed by atoms with E-state index in [1.807, 2.05) is 26.0 Å². The molecule has 0 aliphatic rings. The van der Waals surface area contributed by atoms with E-state index in [1.165, 1.54) is 7.11 Å². The van der Waals surface area contributed by atoms with Gasteiger partial charge in [-0.2, -0.15) is 0 Å². The molecular formula is C23H27N3O4. The summed E-state index contributed by atoms with van der Waals surface area (Å²) in [6.45, 7) is 8.76. The van der Waals surface area contributed by atoms with Crippen LogP contribution in [0.4, 0.5) is 5.69 Å². The Morgan fingerprint density at radius 3 is 2.63 bits per heavy atom. The number of carbonyl (C=O) groups is 1. The fourth-order valence-corrected chi connectivity index (χ4v) is 3.06. The molecule has 158 valence electrons. The van der Waals surface area contributed by atoms with Crippen LogP contribution in [0.2, 0.25) is 0 Å². The van der Waals surface area contributed by atoms with Gasteiger partial charge in [-0.1, -0.05) is 26.0 Å². The van der Waals surface area contributed by atoms with Crippen molar-refractivity contribution in [2.75, 3.05) is 13.7 Å². The fourth-order valence-electron chi connectivity index (χ4n) is 3.06. The van der Waals surface area contributed by atoms with Crippen LogP contribution in [-0.2, 0) is 0 Å². The minimum Gasteiger partial charge on any atom is -0.493 e. The van der Waals surface area contributed by atoms with Gasteiger partial charge in [-0.05, 0) is 55.5 Å². The van der Waals surface area contributed by atoms with Gasteiger partial charge in [0.15, 0.2) is 17.2 Å². The smallest absolute Gasteiger partial charge is 0.295 e. The Kier molecular flexibility index (Phi) is 6.40. The van der Waals surface area contributed by atoms with E-state index in [4.69, 9.17) is 9.47 Å². The Labute approximate surface area is 175 Å². The normalized spacial score (nSPS) is 11.5. The number of aromatic amines is 1. The Morgan fingerprint density at radius 2 is 1.93 bits per heavy atom. The lowest BCUT2D eigenvalue weighted by Gasteiger charge is -2.12. The molecule has 3 rings (SSSR count). The Morgan fingerprint density at radius 1 is 1.17 bits per heavy atom. The maximum Gasteiger partial charge on any atom is 0.295 e. The molecule has 1 heterocycles. The van der Waals surface area contributed by atoms with E-state index in [1.54, 1.807) is 18.2 Å². The highest BCUT2D eigenvalue weighted by Crippen LogP contribution is 2.37. The number of methoxy groups -OCH3 is 1. The van der Waals surface area contributed by atoms with Crippen molar-refractivity contribution in [3.63, 3.8) is 0 Å². The molecule has 0 aliphatic carbocycles. The van der Waals surface area contributed by atoms with Gasteiger partial charge in [-0.25, -0.2) is 0 Å². The third kappa shape index (κ3) is 4.45. The van der Waals surface area contributed by atoms with Gasteiger partial charge < -0.3 is 19.6 Å². The predicted molar refractivity (Wildman–Crippen MR) is 116 cm³/mol. The van der Waals surface area contributed by atoms with E-state index in [0.29, 0.717) is 35.0 Å². The summed E-state index contributed by atoms with van der Waals surface area (Å²) in [6, 6.07) is 8.68. The molecule has 2 N–H and O–H groups in total. The van der Waals surface area contributed by atoms with E-state index in [-0.39, 0.29) is 11.6 Å². The minimum absolute atomic E-state index is 0.123. The molecule has 0 bridgehead atoms. The first kappa shape index (κ1) is 21.4. The number of benzene rings is 2. The first-order valence-corrected chi connectivity index (χ1v) is 9.89. The largest absolute Gasteiger partial charge is 0.493 e. The highest BCUT2D eigenvalue weighted by atomic mass is 16.5. The minimum atomic E-state index is -0.542. The van der Waals surface area contributed by atoms with Crippen LogP contribution < -0.4 is 9.47 Å². The number of fused-ring (bicyclic) bond motifs is 1. The number of nitrogens with zero attached hydrogens (tertiary/aromatic N) is 2. The SMILES string of the molecule is COc1cc(C(=O)N=Nc2c(O)[nH]c3c(C)c(C)ccc23)ccc1OCCC(C)C. The third-order valence-electron chi connectivity index (χ3n) is 5.06. The lowest BCUT2D eigenvalue weighted by Crippen LogP contribution is -2.03. The summed E-state index contributed by atoms with van der Waals surface area (Å²) < 4.78 is 11.1. The highest BCUT2D eigenvalue weighted by Gasteiger charge is 2.15. The van der Waals surface area contributed by atoms with Crippen molar-refractivity contribution >= 4 is 22.5 Å². The quantitative estimate of drug-likeness (QED) is 0.479. The molecule has 0 fully saturated rings. The van der Waals surface area contributed by atoms with Crippen molar-refractivity contribution in [3.8, 4) is 17.4 Å². The van der Waals surface area contributed by atoms with Crippen molar-refractivity contribution < 1.29 is 19.4 Å². The van der Waals surface area contributed by atoms with Crippen LogP contribution >= 0.6 is 0 Å². The van der Waals surface area contributed by atoms with Crippen LogP contribution in [0.3, 0.4) is 0 Å². The van der Waals surface area contributed by atoms with Crippen LogP contribution in [0, 0.1) is 19.8 Å². The molecule has 2 aromatic carbocycles. The number of aryl methyl sites for hydroxylation is 2. The number of H-pyrrole nitrogens is 1. The van der Waals surface area contributed by atoms with Gasteiger partial charge in [0.05, 0.1) is 19.2 Å². The summed E-state index contributed by atoms with van der Waals surface area (Å²) in [5, 5.41) is 18.7. The number of ether oxygens (including phenoxy) is 2. The summed E-state index contributed by atoms with van der Waals surface area (Å²) in [5.74, 6) is 0.903. The van der Waals surface area contributed by atoms with E-state index in [0.717, 1.165) is 23.1 Å². The lowest BCUT2D eigenvalue weighted by atomic mass is 10.1. The van der Waals surface area contributed by atoms with Crippen molar-refractivity contribution in [2.24, 2.45) is 16.1 Å². The first-order valence-electron chi connectivity index (χ1n) is 9.89. The zero-order valence-electron chi connectivity index (χ0n) is 17.9. The molecule has 7 heteroatoms. The number of rotatable bonds is 7. The first-order chi connectivity index (χ1) is 14.3. The fraction of sp³-hybridized carbons (Fsp3) is 0.348. The molecule has 0 aliphatic heterocycles. The molecule has 1 amide bonds. The van der Waals surface area contributed by atoms with Gasteiger partial charge in [0.2, 0.25) is 5.88 Å². The summed E-state index contributed by atoms with van der Waals surface area (Å²) in [4.78, 5) is 15.4. The molecule has 1 aromatic heterocycles. The second-order valence-electron chi connectivity index (χ2n) is 7.65. The number of hydrogen-bond donors (Lipinski definition) is 2. The molecule has 7 nitrogen and oxygen atoms in total. The standard InChI is InChI=1S/C23H27N3O4/c1-13(2)10-11-30-18-9-7-16(12-19(18)29-5)22(27)26-25-21-17-8-6-14(3)15(4)20(17)24-23(21)28/h6-9,12-13,24,28H,10-11H2,1-5H3. The summed E-state index contributed by atoms with van der Waals surface area (Å²) in [5.41, 5.74) is 3.43.